The van der Waals surface area contributed by atoms with E-state index >= 15 is 0 Å². The summed E-state index contributed by atoms with van der Waals surface area (Å²) in [6, 6.07) is 8.31. The van der Waals surface area contributed by atoms with E-state index in [-0.39, 0.29) is 24.0 Å². The molecule has 6 nitrogen and oxygen atoms in total. The van der Waals surface area contributed by atoms with Gasteiger partial charge in [-0.25, -0.2) is 4.98 Å². The molecule has 0 spiro atoms. The number of nitrogens with zero attached hydrogens (tertiary/aromatic N) is 4. The summed E-state index contributed by atoms with van der Waals surface area (Å²) in [6.45, 7) is 6.96. The van der Waals surface area contributed by atoms with E-state index in [1.807, 2.05) is 19.2 Å². The van der Waals surface area contributed by atoms with Crippen molar-refractivity contribution in [2.75, 3.05) is 51.8 Å². The molecule has 0 atom stereocenters. The second-order valence-corrected chi connectivity index (χ2v) is 7.93. The van der Waals surface area contributed by atoms with Gasteiger partial charge in [0.2, 0.25) is 0 Å². The molecule has 0 bridgehead atoms. The van der Waals surface area contributed by atoms with Gasteiger partial charge in [-0.3, -0.25) is 4.99 Å². The van der Waals surface area contributed by atoms with Crippen LogP contribution in [0.2, 0.25) is 0 Å². The monoisotopic (exact) mass is 529 g/mol. The van der Waals surface area contributed by atoms with Gasteiger partial charge in [0, 0.05) is 56.5 Å². The molecule has 2 aromatic rings. The zero-order valence-electron chi connectivity index (χ0n) is 17.6. The number of piperazine rings is 1. The largest absolute Gasteiger partial charge is 0.497 e. The minimum absolute atomic E-state index is 0. The van der Waals surface area contributed by atoms with E-state index in [1.54, 1.807) is 18.4 Å². The van der Waals surface area contributed by atoms with Crippen LogP contribution in [0.1, 0.15) is 23.5 Å². The van der Waals surface area contributed by atoms with Gasteiger partial charge in [-0.05, 0) is 50.5 Å². The first kappa shape index (κ1) is 23.7. The van der Waals surface area contributed by atoms with Gasteiger partial charge in [0.1, 0.15) is 5.75 Å². The number of hydrogen-bond acceptors (Lipinski definition) is 5. The highest BCUT2D eigenvalue weighted by atomic mass is 127. The number of rotatable bonds is 7. The zero-order valence-corrected chi connectivity index (χ0v) is 20.7. The van der Waals surface area contributed by atoms with Gasteiger partial charge in [-0.1, -0.05) is 0 Å². The lowest BCUT2D eigenvalue weighted by Gasteiger charge is -2.37. The van der Waals surface area contributed by atoms with Crippen LogP contribution in [0, 0.1) is 6.92 Å². The van der Waals surface area contributed by atoms with Gasteiger partial charge in [-0.2, -0.15) is 0 Å². The van der Waals surface area contributed by atoms with Crippen LogP contribution in [0.4, 0.5) is 5.69 Å². The first-order valence-corrected chi connectivity index (χ1v) is 10.8. The summed E-state index contributed by atoms with van der Waals surface area (Å²) in [6.07, 6.45) is 3.35. The molecule has 1 N–H and O–H groups in total. The Kier molecular flexibility index (Phi) is 9.99. The number of nitrogens with one attached hydrogen (secondary N) is 1. The number of ether oxygens (including phenoxy) is 1. The maximum absolute atomic E-state index is 5.25. The number of unbranched alkanes of at least 4 members (excludes halogenated alkanes) is 1. The number of thiazole rings is 1. The number of aryl methyl sites for hydroxylation is 2. The van der Waals surface area contributed by atoms with Crippen LogP contribution < -0.4 is 15.0 Å². The number of guanidine groups is 1. The van der Waals surface area contributed by atoms with E-state index in [2.05, 4.69) is 49.5 Å². The Labute approximate surface area is 195 Å². The Morgan fingerprint density at radius 1 is 1.17 bits per heavy atom. The van der Waals surface area contributed by atoms with Crippen molar-refractivity contribution in [3.05, 3.63) is 40.3 Å². The van der Waals surface area contributed by atoms with E-state index in [0.29, 0.717) is 0 Å². The third-order valence-corrected chi connectivity index (χ3v) is 6.02. The fourth-order valence-electron chi connectivity index (χ4n) is 3.42. The first-order chi connectivity index (χ1) is 13.7. The number of halogens is 1. The number of anilines is 1. The second-order valence-electron chi connectivity index (χ2n) is 6.99. The van der Waals surface area contributed by atoms with Crippen LogP contribution in [0.3, 0.4) is 0 Å². The molecule has 1 aliphatic heterocycles. The van der Waals surface area contributed by atoms with E-state index in [9.17, 15) is 0 Å². The van der Waals surface area contributed by atoms with Crippen LogP contribution in [0.15, 0.2) is 34.6 Å². The van der Waals surface area contributed by atoms with Gasteiger partial charge in [-0.15, -0.1) is 35.3 Å². The molecule has 29 heavy (non-hydrogen) atoms. The van der Waals surface area contributed by atoms with Crippen LogP contribution in [0.5, 0.6) is 5.75 Å². The summed E-state index contributed by atoms with van der Waals surface area (Å²) < 4.78 is 5.25. The molecule has 1 aromatic heterocycles. The number of benzene rings is 1. The molecule has 1 fully saturated rings. The maximum atomic E-state index is 5.25. The standard InChI is InChI=1S/C21H31N5OS.HI/c1-17-16-28-20(24-17)6-4-5-11-23-21(22-2)26-14-12-25(13-15-26)18-7-9-19(27-3)10-8-18;/h7-10,16H,4-6,11-15H2,1-3H3,(H,22,23);1H. The van der Waals surface area contributed by atoms with Crippen molar-refractivity contribution in [1.82, 2.24) is 15.2 Å². The lowest BCUT2D eigenvalue weighted by atomic mass is 10.2. The summed E-state index contributed by atoms with van der Waals surface area (Å²) in [4.78, 5) is 13.8. The van der Waals surface area contributed by atoms with Crippen LogP contribution in [0.25, 0.3) is 0 Å². The Morgan fingerprint density at radius 3 is 2.48 bits per heavy atom. The van der Waals surface area contributed by atoms with Crippen molar-refractivity contribution in [3.63, 3.8) is 0 Å². The van der Waals surface area contributed by atoms with Crippen molar-refractivity contribution in [3.8, 4) is 5.75 Å². The summed E-state index contributed by atoms with van der Waals surface area (Å²) in [7, 11) is 3.57. The predicted molar refractivity (Wildman–Crippen MR) is 133 cm³/mol. The molecule has 1 aliphatic rings. The normalized spacial score (nSPS) is 14.5. The summed E-state index contributed by atoms with van der Waals surface area (Å²) >= 11 is 1.77. The highest BCUT2D eigenvalue weighted by Gasteiger charge is 2.19. The van der Waals surface area contributed by atoms with E-state index in [1.165, 1.54) is 10.7 Å². The fourth-order valence-corrected chi connectivity index (χ4v) is 4.24. The van der Waals surface area contributed by atoms with Crippen molar-refractivity contribution in [2.45, 2.75) is 26.2 Å². The minimum Gasteiger partial charge on any atom is -0.497 e. The van der Waals surface area contributed by atoms with Gasteiger partial charge in [0.15, 0.2) is 5.96 Å². The maximum Gasteiger partial charge on any atom is 0.193 e. The Bertz CT molecular complexity index is 757. The number of methoxy groups -OCH3 is 1. The summed E-state index contributed by atoms with van der Waals surface area (Å²) in [5.74, 6) is 1.91. The molecule has 160 valence electrons. The van der Waals surface area contributed by atoms with E-state index < -0.39 is 0 Å². The van der Waals surface area contributed by atoms with Gasteiger partial charge >= 0.3 is 0 Å². The smallest absolute Gasteiger partial charge is 0.193 e. The second kappa shape index (κ2) is 12.2. The van der Waals surface area contributed by atoms with Gasteiger partial charge < -0.3 is 19.9 Å². The number of hydrogen-bond donors (Lipinski definition) is 1. The summed E-state index contributed by atoms with van der Waals surface area (Å²) in [5, 5.41) is 6.90. The molecule has 2 heterocycles. The average molecular weight is 529 g/mol. The molecule has 0 saturated carbocycles. The van der Waals surface area contributed by atoms with Crippen LogP contribution >= 0.6 is 35.3 Å². The molecule has 0 amide bonds. The Morgan fingerprint density at radius 2 is 1.90 bits per heavy atom. The van der Waals surface area contributed by atoms with Gasteiger partial charge in [0.25, 0.3) is 0 Å². The molecule has 0 aliphatic carbocycles. The Balaban J connectivity index is 0.00000300. The predicted octanol–water partition coefficient (Wildman–Crippen LogP) is 3.80. The third-order valence-electron chi connectivity index (χ3n) is 5.00. The highest BCUT2D eigenvalue weighted by Crippen LogP contribution is 2.20. The van der Waals surface area contributed by atoms with Crippen LogP contribution in [-0.2, 0) is 6.42 Å². The van der Waals surface area contributed by atoms with Crippen molar-refractivity contribution < 1.29 is 4.74 Å². The quantitative estimate of drug-likeness (QED) is 0.256. The van der Waals surface area contributed by atoms with Crippen molar-refractivity contribution >= 4 is 47.0 Å². The lowest BCUT2D eigenvalue weighted by Crippen LogP contribution is -2.52. The zero-order chi connectivity index (χ0) is 19.8. The van der Waals surface area contributed by atoms with Crippen molar-refractivity contribution in [2.24, 2.45) is 4.99 Å². The molecule has 0 radical (unpaired) electrons. The van der Waals surface area contributed by atoms with Crippen molar-refractivity contribution in [1.29, 1.82) is 0 Å². The third kappa shape index (κ3) is 7.02. The van der Waals surface area contributed by atoms with Crippen LogP contribution in [-0.4, -0.2) is 62.7 Å². The molecule has 8 heteroatoms. The number of aromatic nitrogens is 1. The number of aliphatic imine (C=N–C) groups is 1. The summed E-state index contributed by atoms with van der Waals surface area (Å²) in [5.41, 5.74) is 2.38. The SMILES string of the molecule is CN=C(NCCCCc1nc(C)cs1)N1CCN(c2ccc(OC)cc2)CC1.I. The lowest BCUT2D eigenvalue weighted by molar-refractivity contribution is 0.372. The van der Waals surface area contributed by atoms with E-state index in [4.69, 9.17) is 4.74 Å². The first-order valence-electron chi connectivity index (χ1n) is 9.95. The molecule has 0 unspecified atom stereocenters. The topological polar surface area (TPSA) is 53.0 Å². The molecular formula is C21H32IN5OS. The molecule has 1 saturated heterocycles. The minimum atomic E-state index is 0. The van der Waals surface area contributed by atoms with Gasteiger partial charge in [0.05, 0.1) is 12.1 Å². The molecular weight excluding hydrogens is 497 g/mol. The molecule has 1 aromatic carbocycles. The highest BCUT2D eigenvalue weighted by molar-refractivity contribution is 14.0. The average Bonchev–Trinajstić information content (AvgIpc) is 3.16. The fraction of sp³-hybridized carbons (Fsp3) is 0.524. The van der Waals surface area contributed by atoms with E-state index in [0.717, 1.165) is 69.4 Å². The molecule has 3 rings (SSSR count). The Hall–Kier alpha value is -1.55.